The van der Waals surface area contributed by atoms with Crippen LogP contribution in [0.3, 0.4) is 0 Å². The van der Waals surface area contributed by atoms with Crippen molar-refractivity contribution < 1.29 is 27.9 Å². The van der Waals surface area contributed by atoms with Gasteiger partial charge in [0.05, 0.1) is 30.7 Å². The standard InChI is InChI=1S/C26H25FN4O5/c27-20-8-2-1-7-19(20)24(33)30-13-10-26(11-14-30)31(25(34)22-9-5-15-35-22)21(17-36-26)23(32)29-16-18-6-3-4-12-28-18/h1-9,12,15,21H,10-11,13-14,16-17H2,(H,29,32)/t21-/m1/s1. The Kier molecular flexibility index (Phi) is 6.51. The first-order valence-corrected chi connectivity index (χ1v) is 11.7. The monoisotopic (exact) mass is 492 g/mol. The lowest BCUT2D eigenvalue weighted by Gasteiger charge is -2.44. The zero-order valence-corrected chi connectivity index (χ0v) is 19.4. The van der Waals surface area contributed by atoms with Gasteiger partial charge in [-0.1, -0.05) is 18.2 Å². The van der Waals surface area contributed by atoms with E-state index in [-0.39, 0.29) is 56.3 Å². The third kappa shape index (κ3) is 4.47. The summed E-state index contributed by atoms with van der Waals surface area (Å²) in [4.78, 5) is 46.7. The summed E-state index contributed by atoms with van der Waals surface area (Å²) < 4.78 is 25.6. The molecule has 3 amide bonds. The number of piperidine rings is 1. The first kappa shape index (κ1) is 23.7. The summed E-state index contributed by atoms with van der Waals surface area (Å²) in [5.74, 6) is -1.76. The topological polar surface area (TPSA) is 105 Å². The van der Waals surface area contributed by atoms with Gasteiger partial charge in [-0.05, 0) is 36.4 Å². The van der Waals surface area contributed by atoms with Gasteiger partial charge >= 0.3 is 0 Å². The van der Waals surface area contributed by atoms with E-state index >= 15 is 0 Å². The van der Waals surface area contributed by atoms with Crippen LogP contribution in [0.15, 0.2) is 71.5 Å². The summed E-state index contributed by atoms with van der Waals surface area (Å²) in [5, 5.41) is 2.84. The van der Waals surface area contributed by atoms with Crippen molar-refractivity contribution in [3.63, 3.8) is 0 Å². The Balaban J connectivity index is 1.34. The van der Waals surface area contributed by atoms with Crippen LogP contribution in [-0.4, -0.2) is 64.0 Å². The van der Waals surface area contributed by atoms with E-state index in [2.05, 4.69) is 10.3 Å². The van der Waals surface area contributed by atoms with E-state index in [0.29, 0.717) is 5.69 Å². The van der Waals surface area contributed by atoms with E-state index in [9.17, 15) is 18.8 Å². The first-order valence-electron chi connectivity index (χ1n) is 11.7. The van der Waals surface area contributed by atoms with Crippen LogP contribution in [0.4, 0.5) is 4.39 Å². The van der Waals surface area contributed by atoms with E-state index in [0.717, 1.165) is 0 Å². The molecule has 2 aliphatic heterocycles. The van der Waals surface area contributed by atoms with Gasteiger partial charge in [-0.2, -0.15) is 0 Å². The van der Waals surface area contributed by atoms with Gasteiger partial charge in [0.25, 0.3) is 11.8 Å². The SMILES string of the molecule is O=C(NCc1ccccn1)[C@H]1COC2(CCN(C(=O)c3ccccc3F)CC2)N1C(=O)c1ccco1. The Morgan fingerprint density at radius 2 is 1.81 bits per heavy atom. The number of halogens is 1. The number of rotatable bonds is 5. The summed E-state index contributed by atoms with van der Waals surface area (Å²) in [6.07, 6.45) is 3.56. The van der Waals surface area contributed by atoms with Crippen molar-refractivity contribution in [3.05, 3.63) is 89.9 Å². The number of nitrogens with zero attached hydrogens (tertiary/aromatic N) is 3. The molecule has 186 valence electrons. The second kappa shape index (κ2) is 9.90. The summed E-state index contributed by atoms with van der Waals surface area (Å²) >= 11 is 0. The predicted molar refractivity (Wildman–Crippen MR) is 125 cm³/mol. The number of likely N-dealkylation sites (tertiary alicyclic amines) is 1. The van der Waals surface area contributed by atoms with Gasteiger partial charge in [-0.3, -0.25) is 24.3 Å². The van der Waals surface area contributed by atoms with Gasteiger partial charge in [-0.25, -0.2) is 4.39 Å². The van der Waals surface area contributed by atoms with Gasteiger partial charge in [0.1, 0.15) is 17.6 Å². The molecule has 1 aromatic carbocycles. The lowest BCUT2D eigenvalue weighted by Crippen LogP contribution is -2.59. The van der Waals surface area contributed by atoms with Crippen LogP contribution in [0.5, 0.6) is 0 Å². The lowest BCUT2D eigenvalue weighted by molar-refractivity contribution is -0.128. The Labute approximate surface area is 206 Å². The molecule has 4 heterocycles. The average Bonchev–Trinajstić information content (AvgIpc) is 3.57. The highest BCUT2D eigenvalue weighted by Gasteiger charge is 2.54. The third-order valence-electron chi connectivity index (χ3n) is 6.62. The highest BCUT2D eigenvalue weighted by Crippen LogP contribution is 2.39. The van der Waals surface area contributed by atoms with Crippen LogP contribution in [0.2, 0.25) is 0 Å². The van der Waals surface area contributed by atoms with Crippen LogP contribution in [0.25, 0.3) is 0 Å². The summed E-state index contributed by atoms with van der Waals surface area (Å²) in [5.41, 5.74) is -0.414. The largest absolute Gasteiger partial charge is 0.459 e. The van der Waals surface area contributed by atoms with E-state index in [1.165, 1.54) is 40.3 Å². The number of nitrogens with one attached hydrogen (secondary N) is 1. The molecule has 1 atom stereocenters. The number of ether oxygens (including phenoxy) is 1. The highest BCUT2D eigenvalue weighted by atomic mass is 19.1. The second-order valence-electron chi connectivity index (χ2n) is 8.74. The van der Waals surface area contributed by atoms with Crippen molar-refractivity contribution in [2.75, 3.05) is 19.7 Å². The van der Waals surface area contributed by atoms with Crippen molar-refractivity contribution in [2.45, 2.75) is 31.2 Å². The van der Waals surface area contributed by atoms with Crippen molar-refractivity contribution >= 4 is 17.7 Å². The Morgan fingerprint density at radius 1 is 1.03 bits per heavy atom. The van der Waals surface area contributed by atoms with E-state index in [1.54, 1.807) is 30.5 Å². The molecular weight excluding hydrogens is 467 g/mol. The van der Waals surface area contributed by atoms with Gasteiger partial charge in [0.2, 0.25) is 5.91 Å². The van der Waals surface area contributed by atoms with Crippen LogP contribution in [-0.2, 0) is 16.1 Å². The molecule has 1 N–H and O–H groups in total. The van der Waals surface area contributed by atoms with E-state index in [4.69, 9.17) is 9.15 Å². The number of hydrogen-bond acceptors (Lipinski definition) is 6. The minimum Gasteiger partial charge on any atom is -0.459 e. The number of carbonyl (C=O) groups is 3. The molecule has 3 aromatic rings. The minimum atomic E-state index is -1.09. The minimum absolute atomic E-state index is 0.00175. The van der Waals surface area contributed by atoms with Crippen molar-refractivity contribution in [3.8, 4) is 0 Å². The summed E-state index contributed by atoms with van der Waals surface area (Å²) in [6.45, 7) is 0.674. The molecular formula is C26H25FN4O5. The number of hydrogen-bond donors (Lipinski definition) is 1. The fourth-order valence-electron chi connectivity index (χ4n) is 4.75. The Bertz CT molecular complexity index is 1240. The zero-order valence-electron chi connectivity index (χ0n) is 19.4. The van der Waals surface area contributed by atoms with Gasteiger partial charge < -0.3 is 19.4 Å². The second-order valence-corrected chi connectivity index (χ2v) is 8.74. The van der Waals surface area contributed by atoms with Crippen LogP contribution < -0.4 is 5.32 Å². The number of furan rings is 1. The first-order chi connectivity index (χ1) is 17.5. The van der Waals surface area contributed by atoms with Gasteiger partial charge in [0.15, 0.2) is 5.76 Å². The summed E-state index contributed by atoms with van der Waals surface area (Å²) in [6, 6.07) is 13.5. The summed E-state index contributed by atoms with van der Waals surface area (Å²) in [7, 11) is 0. The van der Waals surface area contributed by atoms with E-state index < -0.39 is 29.4 Å². The maximum absolute atomic E-state index is 14.2. The zero-order chi connectivity index (χ0) is 25.1. The van der Waals surface area contributed by atoms with Gasteiger partial charge in [0, 0.05) is 32.1 Å². The maximum atomic E-state index is 14.2. The number of pyridine rings is 1. The average molecular weight is 493 g/mol. The fourth-order valence-corrected chi connectivity index (χ4v) is 4.75. The molecule has 2 fully saturated rings. The lowest BCUT2D eigenvalue weighted by atomic mass is 9.96. The number of benzene rings is 1. The smallest absolute Gasteiger partial charge is 0.292 e. The molecule has 0 unspecified atom stereocenters. The Hall–Kier alpha value is -4.05. The molecule has 0 bridgehead atoms. The molecule has 5 rings (SSSR count). The molecule has 0 aliphatic carbocycles. The fraction of sp³-hybridized carbons (Fsp3) is 0.308. The number of carbonyl (C=O) groups excluding carboxylic acids is 3. The van der Waals surface area contributed by atoms with Crippen LogP contribution >= 0.6 is 0 Å². The third-order valence-corrected chi connectivity index (χ3v) is 6.62. The molecule has 36 heavy (non-hydrogen) atoms. The van der Waals surface area contributed by atoms with Crippen molar-refractivity contribution in [2.24, 2.45) is 0 Å². The Morgan fingerprint density at radius 3 is 2.50 bits per heavy atom. The molecule has 1 spiro atoms. The molecule has 2 saturated heterocycles. The highest BCUT2D eigenvalue weighted by molar-refractivity contribution is 5.97. The number of amides is 3. The normalized spacial score (nSPS) is 18.9. The molecule has 10 heteroatoms. The molecule has 2 aromatic heterocycles. The number of aromatic nitrogens is 1. The molecule has 0 radical (unpaired) electrons. The quantitative estimate of drug-likeness (QED) is 0.587. The maximum Gasteiger partial charge on any atom is 0.292 e. The van der Waals surface area contributed by atoms with Crippen LogP contribution in [0, 0.1) is 5.82 Å². The van der Waals surface area contributed by atoms with Crippen LogP contribution in [0.1, 0.15) is 39.4 Å². The van der Waals surface area contributed by atoms with Crippen molar-refractivity contribution in [1.82, 2.24) is 20.1 Å². The van der Waals surface area contributed by atoms with E-state index in [1.807, 2.05) is 6.07 Å². The predicted octanol–water partition coefficient (Wildman–Crippen LogP) is 2.60. The molecule has 2 aliphatic rings. The van der Waals surface area contributed by atoms with Gasteiger partial charge in [-0.15, -0.1) is 0 Å². The van der Waals surface area contributed by atoms with Crippen molar-refractivity contribution in [1.29, 1.82) is 0 Å². The molecule has 9 nitrogen and oxygen atoms in total. The molecule has 0 saturated carbocycles.